The smallest absolute Gasteiger partial charge is 0.206 e. The van der Waals surface area contributed by atoms with Crippen molar-refractivity contribution in [1.82, 2.24) is 0 Å². The summed E-state index contributed by atoms with van der Waals surface area (Å²) in [6.45, 7) is -0.135. The van der Waals surface area contributed by atoms with Crippen LogP contribution in [0.3, 0.4) is 0 Å². The molecule has 2 N–H and O–H groups in total. The van der Waals surface area contributed by atoms with E-state index in [4.69, 9.17) is 0 Å². The third kappa shape index (κ3) is 3.16. The molecule has 0 amide bonds. The zero-order chi connectivity index (χ0) is 18.1. The van der Waals surface area contributed by atoms with E-state index in [0.717, 1.165) is 16.9 Å². The summed E-state index contributed by atoms with van der Waals surface area (Å²) in [5, 5.41) is 18.4. The van der Waals surface area contributed by atoms with Crippen molar-refractivity contribution in [2.24, 2.45) is 0 Å². The number of thiophene rings is 1. The number of ketones is 1. The van der Waals surface area contributed by atoms with Crippen LogP contribution in [-0.4, -0.2) is 16.0 Å². The molecule has 0 aliphatic heterocycles. The van der Waals surface area contributed by atoms with Crippen molar-refractivity contribution in [1.29, 1.82) is 0 Å². The van der Waals surface area contributed by atoms with Crippen molar-refractivity contribution in [2.45, 2.75) is 6.61 Å². The highest BCUT2D eigenvalue weighted by Crippen LogP contribution is 2.32. The minimum Gasteiger partial charge on any atom is -0.503 e. The first-order valence-corrected chi connectivity index (χ1v) is 7.95. The molecule has 1 heterocycles. The quantitative estimate of drug-likeness (QED) is 0.537. The summed E-state index contributed by atoms with van der Waals surface area (Å²) in [6, 6.07) is 10.5. The highest BCUT2D eigenvalue weighted by molar-refractivity contribution is 7.17. The Hall–Kier alpha value is -2.64. The Balaban J connectivity index is 1.99. The molecule has 3 nitrogen and oxygen atoms in total. The van der Waals surface area contributed by atoms with Gasteiger partial charge in [-0.1, -0.05) is 18.2 Å². The van der Waals surface area contributed by atoms with Gasteiger partial charge in [-0.25, -0.2) is 8.78 Å². The van der Waals surface area contributed by atoms with Gasteiger partial charge in [0.05, 0.1) is 17.0 Å². The third-order valence-corrected chi connectivity index (χ3v) is 4.73. The maximum Gasteiger partial charge on any atom is 0.206 e. The molecule has 0 spiro atoms. The Labute approximate surface area is 144 Å². The first kappa shape index (κ1) is 17.2. The molecule has 0 saturated carbocycles. The number of phenols is 1. The molecule has 0 atom stereocenters. The second-order valence-electron chi connectivity index (χ2n) is 5.23. The van der Waals surface area contributed by atoms with E-state index in [1.54, 1.807) is 30.3 Å². The standard InChI is InChI=1S/C18H11F3O3S/c19-12-7-11(15(20)18(24)16(12)21)17(23)14-5-4-13(25-14)10-3-1-2-9(6-10)8-22/h1-7,22,24H,8H2. The summed E-state index contributed by atoms with van der Waals surface area (Å²) in [6.07, 6.45) is 0. The Kier molecular flexibility index (Phi) is 4.61. The lowest BCUT2D eigenvalue weighted by Crippen LogP contribution is -2.05. The van der Waals surface area contributed by atoms with Crippen LogP contribution < -0.4 is 0 Å². The van der Waals surface area contributed by atoms with Crippen molar-refractivity contribution >= 4 is 17.1 Å². The number of carbonyl (C=O) groups is 1. The SMILES string of the molecule is O=C(c1ccc(-c2cccc(CO)c2)s1)c1cc(F)c(F)c(O)c1F. The lowest BCUT2D eigenvalue weighted by molar-refractivity contribution is 0.103. The third-order valence-electron chi connectivity index (χ3n) is 3.60. The molecule has 25 heavy (non-hydrogen) atoms. The van der Waals surface area contributed by atoms with Gasteiger partial charge in [-0.15, -0.1) is 11.3 Å². The topological polar surface area (TPSA) is 57.5 Å². The summed E-state index contributed by atoms with van der Waals surface area (Å²) in [5.41, 5.74) is 0.702. The predicted molar refractivity (Wildman–Crippen MR) is 87.1 cm³/mol. The predicted octanol–water partition coefficient (Wildman–Crippen LogP) is 4.26. The van der Waals surface area contributed by atoms with Gasteiger partial charge < -0.3 is 10.2 Å². The zero-order valence-corrected chi connectivity index (χ0v) is 13.4. The van der Waals surface area contributed by atoms with E-state index in [1.807, 2.05) is 0 Å². The first-order valence-electron chi connectivity index (χ1n) is 7.13. The number of aliphatic hydroxyl groups excluding tert-OH is 1. The molecule has 3 aromatic rings. The number of benzene rings is 2. The summed E-state index contributed by atoms with van der Waals surface area (Å²) < 4.78 is 40.4. The Morgan fingerprint density at radius 2 is 1.80 bits per heavy atom. The fourth-order valence-corrected chi connectivity index (χ4v) is 3.28. The molecule has 0 aliphatic carbocycles. The summed E-state index contributed by atoms with van der Waals surface area (Å²) in [7, 11) is 0. The van der Waals surface area contributed by atoms with Crippen LogP contribution in [0.5, 0.6) is 5.75 Å². The van der Waals surface area contributed by atoms with Crippen LogP contribution >= 0.6 is 11.3 Å². The molecule has 7 heteroatoms. The number of hydrogen-bond acceptors (Lipinski definition) is 4. The van der Waals surface area contributed by atoms with Gasteiger partial charge in [0.25, 0.3) is 0 Å². The molecule has 0 unspecified atom stereocenters. The van der Waals surface area contributed by atoms with Crippen LogP contribution in [-0.2, 0) is 6.61 Å². The molecule has 0 bridgehead atoms. The number of aliphatic hydroxyl groups is 1. The zero-order valence-electron chi connectivity index (χ0n) is 12.6. The summed E-state index contributed by atoms with van der Waals surface area (Å²) in [4.78, 5) is 13.2. The number of aromatic hydroxyl groups is 1. The maximum absolute atomic E-state index is 13.9. The number of hydrogen-bond donors (Lipinski definition) is 2. The fourth-order valence-electron chi connectivity index (χ4n) is 2.33. The Morgan fingerprint density at radius 3 is 2.52 bits per heavy atom. The van der Waals surface area contributed by atoms with Gasteiger partial charge in [0.2, 0.25) is 11.6 Å². The molecule has 0 fully saturated rings. The van der Waals surface area contributed by atoms with Crippen molar-refractivity contribution in [2.75, 3.05) is 0 Å². The van der Waals surface area contributed by atoms with Crippen LogP contribution in [0.15, 0.2) is 42.5 Å². The van der Waals surface area contributed by atoms with Crippen LogP contribution in [0.1, 0.15) is 20.8 Å². The number of phenolic OH excluding ortho intramolecular Hbond substituents is 1. The van der Waals surface area contributed by atoms with E-state index in [2.05, 4.69) is 0 Å². The van der Waals surface area contributed by atoms with Crippen LogP contribution in [0.4, 0.5) is 13.2 Å². The molecule has 0 radical (unpaired) electrons. The molecule has 0 saturated heterocycles. The Morgan fingerprint density at radius 1 is 1.04 bits per heavy atom. The average molecular weight is 364 g/mol. The van der Waals surface area contributed by atoms with Crippen molar-refractivity contribution in [3.63, 3.8) is 0 Å². The monoisotopic (exact) mass is 364 g/mol. The number of halogens is 3. The molecule has 1 aromatic heterocycles. The van der Waals surface area contributed by atoms with E-state index in [0.29, 0.717) is 16.5 Å². The van der Waals surface area contributed by atoms with Gasteiger partial charge in [0.15, 0.2) is 17.4 Å². The van der Waals surface area contributed by atoms with Crippen molar-refractivity contribution in [3.8, 4) is 16.2 Å². The molecule has 128 valence electrons. The van der Waals surface area contributed by atoms with Crippen LogP contribution in [0.25, 0.3) is 10.4 Å². The molecular weight excluding hydrogens is 353 g/mol. The summed E-state index contributed by atoms with van der Waals surface area (Å²) in [5.74, 6) is -7.12. The van der Waals surface area contributed by atoms with Crippen LogP contribution in [0.2, 0.25) is 0 Å². The van der Waals surface area contributed by atoms with Crippen LogP contribution in [0, 0.1) is 17.5 Å². The van der Waals surface area contributed by atoms with E-state index in [9.17, 15) is 28.2 Å². The minimum absolute atomic E-state index is 0.105. The lowest BCUT2D eigenvalue weighted by Gasteiger charge is -2.05. The first-order chi connectivity index (χ1) is 11.9. The molecule has 2 aromatic carbocycles. The molecule has 3 rings (SSSR count). The Bertz CT molecular complexity index is 966. The van der Waals surface area contributed by atoms with Gasteiger partial charge in [-0.3, -0.25) is 4.79 Å². The highest BCUT2D eigenvalue weighted by atomic mass is 32.1. The van der Waals surface area contributed by atoms with Gasteiger partial charge in [0, 0.05) is 4.88 Å². The maximum atomic E-state index is 13.9. The largest absolute Gasteiger partial charge is 0.503 e. The van der Waals surface area contributed by atoms with Gasteiger partial charge in [-0.2, -0.15) is 4.39 Å². The lowest BCUT2D eigenvalue weighted by atomic mass is 10.1. The van der Waals surface area contributed by atoms with Gasteiger partial charge in [-0.05, 0) is 35.4 Å². The van der Waals surface area contributed by atoms with Crippen molar-refractivity contribution in [3.05, 3.63) is 75.9 Å². The highest BCUT2D eigenvalue weighted by Gasteiger charge is 2.24. The molecule has 0 aliphatic rings. The second kappa shape index (κ2) is 6.70. The summed E-state index contributed by atoms with van der Waals surface area (Å²) >= 11 is 1.04. The average Bonchev–Trinajstić information content (AvgIpc) is 3.12. The molecular formula is C18H11F3O3S. The van der Waals surface area contributed by atoms with E-state index in [1.165, 1.54) is 6.07 Å². The fraction of sp³-hybridized carbons (Fsp3) is 0.0556. The second-order valence-corrected chi connectivity index (χ2v) is 6.32. The van der Waals surface area contributed by atoms with E-state index < -0.39 is 34.5 Å². The number of rotatable bonds is 4. The normalized spacial score (nSPS) is 10.9. The van der Waals surface area contributed by atoms with Gasteiger partial charge >= 0.3 is 0 Å². The van der Waals surface area contributed by atoms with Gasteiger partial charge in [0.1, 0.15) is 0 Å². The van der Waals surface area contributed by atoms with E-state index in [-0.39, 0.29) is 11.5 Å². The van der Waals surface area contributed by atoms with Crippen molar-refractivity contribution < 1.29 is 28.2 Å². The number of carbonyl (C=O) groups excluding carboxylic acids is 1. The minimum atomic E-state index is -1.73. The van der Waals surface area contributed by atoms with E-state index >= 15 is 0 Å².